The maximum Gasteiger partial charge on any atom is 0.408 e. The van der Waals surface area contributed by atoms with Crippen molar-refractivity contribution in [2.75, 3.05) is 19.0 Å². The molecule has 0 heterocycles. The fourth-order valence-electron chi connectivity index (χ4n) is 4.20. The van der Waals surface area contributed by atoms with Gasteiger partial charge in [-0.15, -0.1) is 0 Å². The Morgan fingerprint density at radius 2 is 1.61 bits per heavy atom. The molecule has 4 amide bonds. The minimum atomic E-state index is -1.14. The van der Waals surface area contributed by atoms with Gasteiger partial charge in [0.05, 0.1) is 7.11 Å². The fraction of sp³-hybridized carbons (Fsp3) is 0.484. The number of carbonyl (C=O) groups is 4. The zero-order valence-corrected chi connectivity index (χ0v) is 25.0. The number of primary amides is 1. The van der Waals surface area contributed by atoms with Crippen LogP contribution in [0.5, 0.6) is 5.75 Å². The largest absolute Gasteiger partial charge is 0.497 e. The maximum atomic E-state index is 14.2. The van der Waals surface area contributed by atoms with E-state index in [4.69, 9.17) is 15.2 Å². The van der Waals surface area contributed by atoms with Crippen molar-refractivity contribution in [3.8, 4) is 5.75 Å². The van der Waals surface area contributed by atoms with Crippen LogP contribution >= 0.6 is 0 Å². The van der Waals surface area contributed by atoms with Crippen LogP contribution < -0.4 is 21.1 Å². The standard InChI is InChI=1S/C31H44N4O6/c1-7-8-9-20-35(29(38)25(18-19-26(32)36)34-30(39)41-31(3,4)5)27(22-12-10-21(2)11-13-22)28(37)33-23-14-16-24(40-6)17-15-23/h10-17,25,27H,7-9,18-20H2,1-6H3,(H2,32,36)(H,33,37)(H,34,39). The van der Waals surface area contributed by atoms with Crippen molar-refractivity contribution in [2.24, 2.45) is 5.73 Å². The van der Waals surface area contributed by atoms with Gasteiger partial charge >= 0.3 is 6.09 Å². The van der Waals surface area contributed by atoms with Gasteiger partial charge in [0.2, 0.25) is 11.8 Å². The number of amides is 4. The lowest BCUT2D eigenvalue weighted by Gasteiger charge is -2.34. The molecule has 4 N–H and O–H groups in total. The Morgan fingerprint density at radius 3 is 2.15 bits per heavy atom. The summed E-state index contributed by atoms with van der Waals surface area (Å²) in [6.45, 7) is 9.36. The third-order valence-corrected chi connectivity index (χ3v) is 6.26. The van der Waals surface area contributed by atoms with Crippen molar-refractivity contribution in [1.82, 2.24) is 10.2 Å². The highest BCUT2D eigenvalue weighted by molar-refractivity contribution is 5.99. The molecule has 2 atom stereocenters. The minimum Gasteiger partial charge on any atom is -0.497 e. The van der Waals surface area contributed by atoms with E-state index in [0.29, 0.717) is 23.4 Å². The van der Waals surface area contributed by atoms with Crippen molar-refractivity contribution in [2.45, 2.75) is 84.4 Å². The molecule has 2 unspecified atom stereocenters. The third-order valence-electron chi connectivity index (χ3n) is 6.26. The van der Waals surface area contributed by atoms with Crippen molar-refractivity contribution >= 4 is 29.5 Å². The molecule has 0 aliphatic carbocycles. The molecule has 0 saturated heterocycles. The molecule has 0 spiro atoms. The summed E-state index contributed by atoms with van der Waals surface area (Å²) in [5.41, 5.74) is 6.73. The number of ether oxygens (including phenoxy) is 2. The summed E-state index contributed by atoms with van der Waals surface area (Å²) in [7, 11) is 1.56. The van der Waals surface area contributed by atoms with Gasteiger partial charge in [-0.25, -0.2) is 4.79 Å². The van der Waals surface area contributed by atoms with Gasteiger partial charge in [0.15, 0.2) is 0 Å². The van der Waals surface area contributed by atoms with Gasteiger partial charge in [0.1, 0.15) is 23.4 Å². The highest BCUT2D eigenvalue weighted by atomic mass is 16.6. The lowest BCUT2D eigenvalue weighted by Crippen LogP contribution is -2.52. The molecule has 0 bridgehead atoms. The summed E-state index contributed by atoms with van der Waals surface area (Å²) >= 11 is 0. The number of methoxy groups -OCH3 is 1. The molecule has 0 fully saturated rings. The molecule has 2 aromatic rings. The number of unbranched alkanes of at least 4 members (excludes halogenated alkanes) is 2. The predicted octanol–water partition coefficient (Wildman–Crippen LogP) is 4.86. The van der Waals surface area contributed by atoms with Gasteiger partial charge in [0.25, 0.3) is 5.91 Å². The molecule has 2 aromatic carbocycles. The normalized spacial score (nSPS) is 12.5. The number of nitrogens with two attached hydrogens (primary N) is 1. The van der Waals surface area contributed by atoms with Crippen LogP contribution in [0.3, 0.4) is 0 Å². The van der Waals surface area contributed by atoms with Crippen LogP contribution in [0.15, 0.2) is 48.5 Å². The first-order chi connectivity index (χ1) is 19.3. The quantitative estimate of drug-likeness (QED) is 0.278. The van der Waals surface area contributed by atoms with Crippen molar-refractivity contribution in [3.05, 3.63) is 59.7 Å². The first-order valence-electron chi connectivity index (χ1n) is 13.9. The molecule has 41 heavy (non-hydrogen) atoms. The van der Waals surface area contributed by atoms with E-state index in [2.05, 4.69) is 10.6 Å². The van der Waals surface area contributed by atoms with E-state index < -0.39 is 41.5 Å². The molecule has 0 saturated carbocycles. The number of nitrogens with one attached hydrogen (secondary N) is 2. The first kappa shape index (κ1) is 33.1. The molecular formula is C31H44N4O6. The van der Waals surface area contributed by atoms with Crippen molar-refractivity contribution in [3.63, 3.8) is 0 Å². The average Bonchev–Trinajstić information content (AvgIpc) is 2.90. The number of rotatable bonds is 14. The lowest BCUT2D eigenvalue weighted by atomic mass is 9.99. The average molecular weight is 569 g/mol. The highest BCUT2D eigenvalue weighted by Crippen LogP contribution is 2.27. The molecule has 0 aliphatic heterocycles. The molecular weight excluding hydrogens is 524 g/mol. The van der Waals surface area contributed by atoms with E-state index in [9.17, 15) is 19.2 Å². The van der Waals surface area contributed by atoms with Crippen LogP contribution in [0.4, 0.5) is 10.5 Å². The Labute approximate surface area is 242 Å². The molecule has 0 aliphatic rings. The topological polar surface area (TPSA) is 140 Å². The number of hydrogen-bond acceptors (Lipinski definition) is 6. The van der Waals surface area contributed by atoms with E-state index >= 15 is 0 Å². The van der Waals surface area contributed by atoms with Crippen LogP contribution in [0.25, 0.3) is 0 Å². The summed E-state index contributed by atoms with van der Waals surface area (Å²) in [6.07, 6.45) is 1.38. The second-order valence-corrected chi connectivity index (χ2v) is 11.0. The summed E-state index contributed by atoms with van der Waals surface area (Å²) in [5, 5.41) is 5.53. The Kier molecular flexibility index (Phi) is 12.6. The van der Waals surface area contributed by atoms with Crippen LogP contribution in [-0.4, -0.2) is 54.0 Å². The Hall–Kier alpha value is -4.08. The van der Waals surface area contributed by atoms with E-state index in [1.807, 2.05) is 38.1 Å². The Balaban J connectivity index is 2.52. The van der Waals surface area contributed by atoms with Gasteiger partial charge in [-0.05, 0) is 70.4 Å². The van der Waals surface area contributed by atoms with Crippen LogP contribution in [-0.2, 0) is 19.1 Å². The van der Waals surface area contributed by atoms with Crippen LogP contribution in [0.2, 0.25) is 0 Å². The Bertz CT molecular complexity index is 1160. The first-order valence-corrected chi connectivity index (χ1v) is 13.9. The van der Waals surface area contributed by atoms with E-state index in [1.165, 1.54) is 4.90 Å². The predicted molar refractivity (Wildman–Crippen MR) is 158 cm³/mol. The molecule has 224 valence electrons. The number of alkyl carbamates (subject to hydrolysis) is 1. The molecule has 10 nitrogen and oxygen atoms in total. The molecule has 0 radical (unpaired) electrons. The molecule has 2 rings (SSSR count). The van der Waals surface area contributed by atoms with Gasteiger partial charge in [-0.3, -0.25) is 14.4 Å². The third kappa shape index (κ3) is 11.1. The van der Waals surface area contributed by atoms with Crippen LogP contribution in [0, 0.1) is 6.92 Å². The zero-order chi connectivity index (χ0) is 30.6. The second kappa shape index (κ2) is 15.6. The second-order valence-electron chi connectivity index (χ2n) is 11.0. The monoisotopic (exact) mass is 568 g/mol. The van der Waals surface area contributed by atoms with E-state index in [0.717, 1.165) is 18.4 Å². The number of nitrogens with zero attached hydrogens (tertiary/aromatic N) is 1. The minimum absolute atomic E-state index is 0.0432. The Morgan fingerprint density at radius 1 is 0.976 bits per heavy atom. The summed E-state index contributed by atoms with van der Waals surface area (Å²) in [5.74, 6) is -0.905. The number of aryl methyl sites for hydroxylation is 1. The zero-order valence-electron chi connectivity index (χ0n) is 25.0. The van der Waals surface area contributed by atoms with Crippen LogP contribution in [0.1, 0.15) is 77.0 Å². The number of benzene rings is 2. The number of carbonyl (C=O) groups excluding carboxylic acids is 4. The van der Waals surface area contributed by atoms with Gasteiger partial charge < -0.3 is 30.7 Å². The highest BCUT2D eigenvalue weighted by Gasteiger charge is 2.36. The van der Waals surface area contributed by atoms with Crippen molar-refractivity contribution < 1.29 is 28.7 Å². The lowest BCUT2D eigenvalue weighted by molar-refractivity contribution is -0.141. The number of hydrogen-bond donors (Lipinski definition) is 3. The van der Waals surface area contributed by atoms with Crippen molar-refractivity contribution in [1.29, 1.82) is 0 Å². The SMILES string of the molecule is CCCCCN(C(=O)C(CCC(N)=O)NC(=O)OC(C)(C)C)C(C(=O)Nc1ccc(OC)cc1)c1ccc(C)cc1. The van der Waals surface area contributed by atoms with Gasteiger partial charge in [-0.1, -0.05) is 49.6 Å². The van der Waals surface area contributed by atoms with E-state index in [-0.39, 0.29) is 19.4 Å². The summed E-state index contributed by atoms with van der Waals surface area (Å²) in [4.78, 5) is 53.9. The molecule has 10 heteroatoms. The fourth-order valence-corrected chi connectivity index (χ4v) is 4.20. The van der Waals surface area contributed by atoms with Gasteiger partial charge in [0, 0.05) is 18.7 Å². The maximum absolute atomic E-state index is 14.2. The van der Waals surface area contributed by atoms with E-state index in [1.54, 1.807) is 52.1 Å². The smallest absolute Gasteiger partial charge is 0.408 e. The summed E-state index contributed by atoms with van der Waals surface area (Å²) in [6, 6.07) is 12.1. The summed E-state index contributed by atoms with van der Waals surface area (Å²) < 4.78 is 10.6. The molecule has 0 aromatic heterocycles. The number of anilines is 1. The van der Waals surface area contributed by atoms with Gasteiger partial charge in [-0.2, -0.15) is 0 Å².